The van der Waals surface area contributed by atoms with Crippen LogP contribution in [0.1, 0.15) is 50.7 Å². The van der Waals surface area contributed by atoms with Gasteiger partial charge in [-0.15, -0.1) is 5.10 Å². The number of rotatable bonds is 6. The van der Waals surface area contributed by atoms with E-state index in [0.29, 0.717) is 0 Å². The summed E-state index contributed by atoms with van der Waals surface area (Å²) in [6.45, 7) is 10.2. The lowest BCUT2D eigenvalue weighted by molar-refractivity contribution is 0.203. The minimum atomic E-state index is -0.213. The van der Waals surface area contributed by atoms with E-state index in [-0.39, 0.29) is 11.6 Å². The molecule has 0 aliphatic carbocycles. The molecule has 0 bridgehead atoms. The number of tetrazole rings is 1. The van der Waals surface area contributed by atoms with Gasteiger partial charge < -0.3 is 0 Å². The van der Waals surface area contributed by atoms with Gasteiger partial charge in [-0.1, -0.05) is 61.0 Å². The first-order chi connectivity index (χ1) is 12.9. The average molecular weight is 384 g/mol. The van der Waals surface area contributed by atoms with Crippen molar-refractivity contribution in [2.24, 2.45) is 0 Å². The predicted octanol–water partition coefficient (Wildman–Crippen LogP) is 4.69. The van der Waals surface area contributed by atoms with Crippen LogP contribution in [0.5, 0.6) is 0 Å². The zero-order valence-electron chi connectivity index (χ0n) is 16.3. The molecular formula is C21H26ClN5. The second kappa shape index (κ2) is 8.19. The summed E-state index contributed by atoms with van der Waals surface area (Å²) in [6.07, 6.45) is 0. The highest BCUT2D eigenvalue weighted by molar-refractivity contribution is 6.30. The summed E-state index contributed by atoms with van der Waals surface area (Å²) in [7, 11) is 0. The molecule has 3 rings (SSSR count). The van der Waals surface area contributed by atoms with E-state index in [1.54, 1.807) is 0 Å². The molecule has 0 N–H and O–H groups in total. The molecule has 1 atom stereocenters. The van der Waals surface area contributed by atoms with Gasteiger partial charge in [-0.25, -0.2) is 4.68 Å². The Hall–Kier alpha value is -2.24. The normalized spacial score (nSPS) is 13.1. The molecule has 0 spiro atoms. The largest absolute Gasteiger partial charge is 0.286 e. The third-order valence-electron chi connectivity index (χ3n) is 4.56. The lowest BCUT2D eigenvalue weighted by atomic mass is 10.0. The van der Waals surface area contributed by atoms with Crippen LogP contribution < -0.4 is 0 Å². The molecule has 5 nitrogen and oxygen atoms in total. The lowest BCUT2D eigenvalue weighted by Crippen LogP contribution is -2.35. The number of hydrogen-bond acceptors (Lipinski definition) is 4. The molecular weight excluding hydrogens is 358 g/mol. The Bertz CT molecular complexity index is 852. The number of benzene rings is 2. The molecule has 0 saturated heterocycles. The second-order valence-corrected chi connectivity index (χ2v) is 8.06. The first-order valence-electron chi connectivity index (χ1n) is 9.22. The highest BCUT2D eigenvalue weighted by Crippen LogP contribution is 2.31. The van der Waals surface area contributed by atoms with Crippen molar-refractivity contribution in [1.82, 2.24) is 25.1 Å². The number of hydrogen-bond donors (Lipinski definition) is 0. The molecule has 6 heteroatoms. The van der Waals surface area contributed by atoms with E-state index < -0.39 is 0 Å². The minimum absolute atomic E-state index is 0.0679. The molecule has 0 radical (unpaired) electrons. The Morgan fingerprint density at radius 3 is 2.30 bits per heavy atom. The minimum Gasteiger partial charge on any atom is -0.286 e. The van der Waals surface area contributed by atoms with Gasteiger partial charge in [-0.2, -0.15) is 0 Å². The molecule has 0 saturated carbocycles. The van der Waals surface area contributed by atoms with E-state index >= 15 is 0 Å². The third kappa shape index (κ3) is 4.54. The van der Waals surface area contributed by atoms with Crippen LogP contribution in [0.25, 0.3) is 0 Å². The van der Waals surface area contributed by atoms with Gasteiger partial charge in [0.15, 0.2) is 5.82 Å². The first-order valence-corrected chi connectivity index (χ1v) is 9.60. The van der Waals surface area contributed by atoms with Crippen LogP contribution in [-0.2, 0) is 12.1 Å². The zero-order chi connectivity index (χ0) is 19.4. The van der Waals surface area contributed by atoms with Crippen molar-refractivity contribution in [1.29, 1.82) is 0 Å². The van der Waals surface area contributed by atoms with E-state index in [2.05, 4.69) is 84.5 Å². The maximum absolute atomic E-state index is 6.13. The molecule has 0 amide bonds. The molecule has 0 aliphatic rings. The molecule has 1 aromatic heterocycles. The van der Waals surface area contributed by atoms with Crippen LogP contribution in [0.2, 0.25) is 5.02 Å². The number of halogens is 1. The second-order valence-electron chi connectivity index (χ2n) is 7.62. The van der Waals surface area contributed by atoms with Crippen molar-refractivity contribution in [3.8, 4) is 0 Å². The Kier molecular flexibility index (Phi) is 5.92. The van der Waals surface area contributed by atoms with Crippen LogP contribution >= 0.6 is 11.6 Å². The van der Waals surface area contributed by atoms with Gasteiger partial charge in [-0.3, -0.25) is 4.90 Å². The van der Waals surface area contributed by atoms with Crippen molar-refractivity contribution >= 4 is 11.6 Å². The van der Waals surface area contributed by atoms with Gasteiger partial charge in [-0.05, 0) is 61.0 Å². The fourth-order valence-corrected chi connectivity index (χ4v) is 3.34. The van der Waals surface area contributed by atoms with Crippen molar-refractivity contribution in [2.75, 3.05) is 6.54 Å². The van der Waals surface area contributed by atoms with Crippen LogP contribution in [0.4, 0.5) is 0 Å². The Balaban J connectivity index is 2.07. The molecule has 1 heterocycles. The molecule has 142 valence electrons. The van der Waals surface area contributed by atoms with Gasteiger partial charge in [0.05, 0.1) is 11.6 Å². The quantitative estimate of drug-likeness (QED) is 0.619. The molecule has 27 heavy (non-hydrogen) atoms. The molecule has 0 unspecified atom stereocenters. The fraction of sp³-hybridized carbons (Fsp3) is 0.381. The van der Waals surface area contributed by atoms with Crippen molar-refractivity contribution < 1.29 is 0 Å². The molecule has 2 aromatic carbocycles. The van der Waals surface area contributed by atoms with Gasteiger partial charge in [0.2, 0.25) is 0 Å². The Morgan fingerprint density at radius 2 is 1.70 bits per heavy atom. The summed E-state index contributed by atoms with van der Waals surface area (Å²) in [6, 6.07) is 18.4. The summed E-state index contributed by atoms with van der Waals surface area (Å²) in [5.74, 6) is 0.836. The van der Waals surface area contributed by atoms with E-state index in [1.807, 2.05) is 22.9 Å². The van der Waals surface area contributed by atoms with E-state index in [0.717, 1.165) is 29.5 Å². The van der Waals surface area contributed by atoms with E-state index in [9.17, 15) is 0 Å². The van der Waals surface area contributed by atoms with Crippen LogP contribution in [0, 0.1) is 0 Å². The fourth-order valence-electron chi connectivity index (χ4n) is 3.21. The predicted molar refractivity (Wildman–Crippen MR) is 109 cm³/mol. The van der Waals surface area contributed by atoms with Crippen molar-refractivity contribution in [3.63, 3.8) is 0 Å². The van der Waals surface area contributed by atoms with Crippen LogP contribution in [0.15, 0.2) is 54.6 Å². The third-order valence-corrected chi connectivity index (χ3v) is 4.81. The van der Waals surface area contributed by atoms with E-state index in [1.165, 1.54) is 5.56 Å². The van der Waals surface area contributed by atoms with Crippen LogP contribution in [-0.4, -0.2) is 31.7 Å². The van der Waals surface area contributed by atoms with Gasteiger partial charge in [0.1, 0.15) is 0 Å². The maximum atomic E-state index is 6.13. The lowest BCUT2D eigenvalue weighted by Gasteiger charge is -2.32. The highest BCUT2D eigenvalue weighted by Gasteiger charge is 2.30. The summed E-state index contributed by atoms with van der Waals surface area (Å²) < 4.78 is 1.92. The van der Waals surface area contributed by atoms with Gasteiger partial charge in [0, 0.05) is 11.6 Å². The van der Waals surface area contributed by atoms with Gasteiger partial charge >= 0.3 is 0 Å². The van der Waals surface area contributed by atoms with E-state index in [4.69, 9.17) is 11.6 Å². The maximum Gasteiger partial charge on any atom is 0.173 e. The summed E-state index contributed by atoms with van der Waals surface area (Å²) in [5, 5.41) is 13.4. The smallest absolute Gasteiger partial charge is 0.173 e. The van der Waals surface area contributed by atoms with Crippen molar-refractivity contribution in [2.45, 2.75) is 45.8 Å². The average Bonchev–Trinajstić information content (AvgIpc) is 3.13. The summed E-state index contributed by atoms with van der Waals surface area (Å²) in [4.78, 5) is 2.38. The SMILES string of the molecule is CCN(Cc1ccccc1)[C@H](c1ccc(Cl)cc1)c1nnnn1C(C)(C)C. The van der Waals surface area contributed by atoms with Gasteiger partial charge in [0.25, 0.3) is 0 Å². The molecule has 3 aromatic rings. The zero-order valence-corrected chi connectivity index (χ0v) is 17.1. The number of nitrogens with zero attached hydrogens (tertiary/aromatic N) is 5. The highest BCUT2D eigenvalue weighted by atomic mass is 35.5. The molecule has 0 aliphatic heterocycles. The monoisotopic (exact) mass is 383 g/mol. The standard InChI is InChI=1S/C21H26ClN5/c1-5-26(15-16-9-7-6-8-10-16)19(17-11-13-18(22)14-12-17)20-23-24-25-27(20)21(2,3)4/h6-14,19H,5,15H2,1-4H3/t19-/m1/s1. The topological polar surface area (TPSA) is 46.8 Å². The Labute approximate surface area is 166 Å². The van der Waals surface area contributed by atoms with Crippen LogP contribution in [0.3, 0.4) is 0 Å². The summed E-state index contributed by atoms with van der Waals surface area (Å²) >= 11 is 6.13. The summed E-state index contributed by atoms with van der Waals surface area (Å²) in [5.41, 5.74) is 2.17. The molecule has 0 fully saturated rings. The van der Waals surface area contributed by atoms with Crippen molar-refractivity contribution in [3.05, 3.63) is 76.6 Å². The number of aromatic nitrogens is 4. The Morgan fingerprint density at radius 1 is 1.04 bits per heavy atom. The first kappa shape index (κ1) is 19.5.